The molecule has 33 heavy (non-hydrogen) atoms. The molecule has 0 rings (SSSR count). The maximum Gasteiger partial charge on any atom is 0.326 e. The summed E-state index contributed by atoms with van der Waals surface area (Å²) in [5, 5.41) is 25.6. The average Bonchev–Trinajstić information content (AvgIpc) is 2.72. The van der Waals surface area contributed by atoms with E-state index in [-0.39, 0.29) is 18.8 Å². The number of nitrogens with one attached hydrogen (secondary N) is 3. The largest absolute Gasteiger partial charge is 0.481 e. The van der Waals surface area contributed by atoms with Crippen LogP contribution in [-0.4, -0.2) is 82.6 Å². The third kappa shape index (κ3) is 12.4. The summed E-state index contributed by atoms with van der Waals surface area (Å²) < 4.78 is 0. The van der Waals surface area contributed by atoms with Crippen molar-refractivity contribution in [2.75, 3.05) is 18.6 Å². The first-order chi connectivity index (χ1) is 15.4. The molecule has 0 fully saturated rings. The first-order valence-corrected chi connectivity index (χ1v) is 12.1. The zero-order valence-electron chi connectivity index (χ0n) is 19.3. The summed E-state index contributed by atoms with van der Waals surface area (Å²) in [6.07, 6.45) is 2.72. The first-order valence-electron chi connectivity index (χ1n) is 10.7. The minimum atomic E-state index is -1.34. The van der Waals surface area contributed by atoms with Gasteiger partial charge in [-0.15, -0.1) is 0 Å². The number of rotatable bonds is 17. The van der Waals surface area contributed by atoms with Crippen LogP contribution < -0.4 is 27.4 Å². The monoisotopic (exact) mass is 491 g/mol. The van der Waals surface area contributed by atoms with Gasteiger partial charge in [0.1, 0.15) is 18.1 Å². The fraction of sp³-hybridized carbons (Fsp3) is 0.750. The van der Waals surface area contributed by atoms with Crippen molar-refractivity contribution in [1.29, 1.82) is 0 Å². The summed E-state index contributed by atoms with van der Waals surface area (Å²) in [6.45, 7) is 3.75. The molecule has 0 aromatic rings. The van der Waals surface area contributed by atoms with Crippen LogP contribution in [0.4, 0.5) is 0 Å². The number of carbonyl (C=O) groups is 5. The van der Waals surface area contributed by atoms with Gasteiger partial charge in [-0.3, -0.25) is 19.2 Å². The van der Waals surface area contributed by atoms with Gasteiger partial charge in [0.2, 0.25) is 17.7 Å². The molecule has 190 valence electrons. The Hall–Kier alpha value is -2.38. The van der Waals surface area contributed by atoms with Crippen molar-refractivity contribution in [2.45, 2.75) is 70.1 Å². The first kappa shape index (κ1) is 30.6. The molecule has 13 heteroatoms. The topological polar surface area (TPSA) is 214 Å². The van der Waals surface area contributed by atoms with Crippen LogP contribution in [0, 0.1) is 5.92 Å². The van der Waals surface area contributed by atoms with Crippen molar-refractivity contribution in [2.24, 2.45) is 17.4 Å². The Morgan fingerprint density at radius 2 is 1.48 bits per heavy atom. The van der Waals surface area contributed by atoms with Gasteiger partial charge < -0.3 is 37.6 Å². The third-order valence-electron chi connectivity index (χ3n) is 4.78. The van der Waals surface area contributed by atoms with E-state index in [1.54, 1.807) is 13.8 Å². The highest BCUT2D eigenvalue weighted by Crippen LogP contribution is 2.08. The molecule has 4 unspecified atom stereocenters. The number of hydrogen-bond donors (Lipinski definition) is 7. The zero-order valence-corrected chi connectivity index (χ0v) is 20.2. The van der Waals surface area contributed by atoms with Gasteiger partial charge in [-0.2, -0.15) is 11.8 Å². The number of carboxylic acids is 2. The number of aliphatic carboxylic acids is 2. The maximum absolute atomic E-state index is 12.9. The highest BCUT2D eigenvalue weighted by atomic mass is 32.2. The van der Waals surface area contributed by atoms with Crippen molar-refractivity contribution < 1.29 is 34.2 Å². The second-order valence-corrected chi connectivity index (χ2v) is 8.95. The predicted molar refractivity (Wildman–Crippen MR) is 124 cm³/mol. The Kier molecular flexibility index (Phi) is 15.1. The SMILES string of the molecule is CSCCC(NC(=O)C(NC(=O)C(CCCCN)NC(=O)C(N)CC(=O)O)C(C)C)C(=O)O. The van der Waals surface area contributed by atoms with E-state index in [0.29, 0.717) is 25.1 Å². The normalized spacial score (nSPS) is 14.6. The number of hydrogen-bond acceptors (Lipinski definition) is 8. The van der Waals surface area contributed by atoms with E-state index in [4.69, 9.17) is 16.6 Å². The number of nitrogens with two attached hydrogens (primary N) is 2. The summed E-state index contributed by atoms with van der Waals surface area (Å²) >= 11 is 1.44. The molecule has 0 spiro atoms. The average molecular weight is 492 g/mol. The maximum atomic E-state index is 12.9. The van der Waals surface area contributed by atoms with Crippen LogP contribution in [0.2, 0.25) is 0 Å². The predicted octanol–water partition coefficient (Wildman–Crippen LogP) is -1.13. The van der Waals surface area contributed by atoms with Crippen LogP contribution in [0.1, 0.15) is 46.0 Å². The van der Waals surface area contributed by atoms with E-state index in [9.17, 15) is 29.1 Å². The van der Waals surface area contributed by atoms with Crippen LogP contribution in [0.25, 0.3) is 0 Å². The molecule has 0 saturated carbocycles. The van der Waals surface area contributed by atoms with Gasteiger partial charge in [-0.25, -0.2) is 4.79 Å². The van der Waals surface area contributed by atoms with Crippen molar-refractivity contribution in [3.63, 3.8) is 0 Å². The molecule has 0 aliphatic heterocycles. The molecule has 0 saturated heterocycles. The second kappa shape index (κ2) is 16.3. The summed E-state index contributed by atoms with van der Waals surface area (Å²) in [5.41, 5.74) is 11.1. The standard InChI is InChI=1S/C20H37N5O7S/c1-11(2)16(19(30)24-14(20(31)32)7-9-33-3)25-18(29)13(6-4-5-8-21)23-17(28)12(22)10-15(26)27/h11-14,16H,4-10,21-22H2,1-3H3,(H,23,28)(H,24,30)(H,25,29)(H,26,27)(H,31,32). The molecule has 0 aliphatic rings. The van der Waals surface area contributed by atoms with Gasteiger partial charge in [-0.05, 0) is 50.2 Å². The molecule has 0 heterocycles. The van der Waals surface area contributed by atoms with Crippen molar-refractivity contribution in [3.8, 4) is 0 Å². The molecule has 0 bridgehead atoms. The highest BCUT2D eigenvalue weighted by molar-refractivity contribution is 7.98. The highest BCUT2D eigenvalue weighted by Gasteiger charge is 2.31. The molecule has 0 aromatic heterocycles. The lowest BCUT2D eigenvalue weighted by Crippen LogP contribution is -2.58. The molecule has 12 nitrogen and oxygen atoms in total. The third-order valence-corrected chi connectivity index (χ3v) is 5.43. The number of amides is 3. The molecule has 4 atom stereocenters. The Morgan fingerprint density at radius 3 is 1.97 bits per heavy atom. The van der Waals surface area contributed by atoms with E-state index >= 15 is 0 Å². The zero-order chi connectivity index (χ0) is 25.6. The minimum Gasteiger partial charge on any atom is -0.481 e. The lowest BCUT2D eigenvalue weighted by molar-refractivity contribution is -0.142. The van der Waals surface area contributed by atoms with Gasteiger partial charge in [0.15, 0.2) is 0 Å². The molecule has 3 amide bonds. The smallest absolute Gasteiger partial charge is 0.326 e. The van der Waals surface area contributed by atoms with E-state index in [2.05, 4.69) is 16.0 Å². The lowest BCUT2D eigenvalue weighted by Gasteiger charge is -2.27. The summed E-state index contributed by atoms with van der Waals surface area (Å²) in [5.74, 6) is -4.40. The van der Waals surface area contributed by atoms with Crippen molar-refractivity contribution in [3.05, 3.63) is 0 Å². The van der Waals surface area contributed by atoms with Gasteiger partial charge >= 0.3 is 11.9 Å². The van der Waals surface area contributed by atoms with E-state index < -0.39 is 60.2 Å². The van der Waals surface area contributed by atoms with Gasteiger partial charge in [-0.1, -0.05) is 13.8 Å². The molecule has 9 N–H and O–H groups in total. The van der Waals surface area contributed by atoms with E-state index in [1.807, 2.05) is 6.26 Å². The molecule has 0 aliphatic carbocycles. The van der Waals surface area contributed by atoms with Crippen molar-refractivity contribution >= 4 is 41.4 Å². The van der Waals surface area contributed by atoms with E-state index in [0.717, 1.165) is 0 Å². The van der Waals surface area contributed by atoms with E-state index in [1.165, 1.54) is 11.8 Å². The summed E-state index contributed by atoms with van der Waals surface area (Å²) in [7, 11) is 0. The molecule has 0 aromatic carbocycles. The Bertz CT molecular complexity index is 677. The van der Waals surface area contributed by atoms with Crippen LogP contribution in [0.5, 0.6) is 0 Å². The summed E-state index contributed by atoms with van der Waals surface area (Å²) in [6, 6.07) is -4.55. The number of thioether (sulfide) groups is 1. The second-order valence-electron chi connectivity index (χ2n) is 7.96. The van der Waals surface area contributed by atoms with Gasteiger partial charge in [0, 0.05) is 0 Å². The Labute approximate surface area is 198 Å². The fourth-order valence-corrected chi connectivity index (χ4v) is 3.34. The van der Waals surface area contributed by atoms with Crippen LogP contribution in [0.15, 0.2) is 0 Å². The Balaban J connectivity index is 5.39. The van der Waals surface area contributed by atoms with Gasteiger partial charge in [0.05, 0.1) is 12.5 Å². The number of carbonyl (C=O) groups excluding carboxylic acids is 3. The quantitative estimate of drug-likeness (QED) is 0.121. The fourth-order valence-electron chi connectivity index (χ4n) is 2.86. The molecule has 0 radical (unpaired) electrons. The number of carboxylic acid groups (broad SMARTS) is 2. The van der Waals surface area contributed by atoms with Crippen LogP contribution in [-0.2, 0) is 24.0 Å². The van der Waals surface area contributed by atoms with Crippen LogP contribution >= 0.6 is 11.8 Å². The summed E-state index contributed by atoms with van der Waals surface area (Å²) in [4.78, 5) is 60.2. The van der Waals surface area contributed by atoms with Crippen molar-refractivity contribution in [1.82, 2.24) is 16.0 Å². The number of unbranched alkanes of at least 4 members (excludes halogenated alkanes) is 1. The molecular formula is C20H37N5O7S. The minimum absolute atomic E-state index is 0.201. The molecular weight excluding hydrogens is 454 g/mol. The lowest BCUT2D eigenvalue weighted by atomic mass is 10.0. The Morgan fingerprint density at radius 1 is 0.879 bits per heavy atom. The van der Waals surface area contributed by atoms with Crippen LogP contribution in [0.3, 0.4) is 0 Å². The van der Waals surface area contributed by atoms with Gasteiger partial charge in [0.25, 0.3) is 0 Å².